The fourth-order valence-electron chi connectivity index (χ4n) is 2.66. The third kappa shape index (κ3) is 3.13. The molecule has 0 aliphatic carbocycles. The predicted octanol–water partition coefficient (Wildman–Crippen LogP) is 3.64. The molecule has 0 amide bonds. The minimum atomic E-state index is 0.839. The summed E-state index contributed by atoms with van der Waals surface area (Å²) in [5, 5.41) is 0. The van der Waals surface area contributed by atoms with E-state index in [0.29, 0.717) is 0 Å². The quantitative estimate of drug-likeness (QED) is 0.859. The lowest BCUT2D eigenvalue weighted by Crippen LogP contribution is -2.29. The zero-order valence-electron chi connectivity index (χ0n) is 12.7. The highest BCUT2D eigenvalue weighted by molar-refractivity contribution is 5.68. The van der Waals surface area contributed by atoms with E-state index in [4.69, 9.17) is 0 Å². The molecule has 0 bridgehead atoms. The fraction of sp³-hybridized carbons (Fsp3) is 0.333. The summed E-state index contributed by atoms with van der Waals surface area (Å²) in [4.78, 5) is 11.1. The lowest BCUT2D eigenvalue weighted by atomic mass is 9.98. The highest BCUT2D eigenvalue weighted by atomic mass is 15.2. The van der Waals surface area contributed by atoms with Gasteiger partial charge in [0.1, 0.15) is 0 Å². The summed E-state index contributed by atoms with van der Waals surface area (Å²) < 4.78 is 0. The van der Waals surface area contributed by atoms with Gasteiger partial charge in [0.05, 0.1) is 0 Å². The zero-order chi connectivity index (χ0) is 14.7. The van der Waals surface area contributed by atoms with Crippen LogP contribution in [0.5, 0.6) is 0 Å². The topological polar surface area (TPSA) is 29.0 Å². The Labute approximate surface area is 126 Å². The predicted molar refractivity (Wildman–Crippen MR) is 87.4 cm³/mol. The van der Waals surface area contributed by atoms with Gasteiger partial charge in [0.15, 0.2) is 0 Å². The molecule has 21 heavy (non-hydrogen) atoms. The second kappa shape index (κ2) is 6.08. The van der Waals surface area contributed by atoms with Gasteiger partial charge >= 0.3 is 0 Å². The van der Waals surface area contributed by atoms with Crippen LogP contribution in [0.15, 0.2) is 42.6 Å². The Morgan fingerprint density at radius 1 is 1.14 bits per heavy atom. The van der Waals surface area contributed by atoms with Crippen molar-refractivity contribution in [3.05, 3.63) is 59.4 Å². The number of aryl methyl sites for hydroxylation is 2. The van der Waals surface area contributed by atoms with Crippen LogP contribution in [-0.4, -0.2) is 23.1 Å². The first-order chi connectivity index (χ1) is 10.3. The Morgan fingerprint density at radius 3 is 2.57 bits per heavy atom. The third-order valence-electron chi connectivity index (χ3n) is 4.01. The minimum Gasteiger partial charge on any atom is -0.337 e. The van der Waals surface area contributed by atoms with Gasteiger partial charge < -0.3 is 4.90 Å². The number of anilines is 1. The van der Waals surface area contributed by atoms with E-state index >= 15 is 0 Å². The standard InChI is InChI=1S/C18H21N3/c1-3-15-4-6-16(7-5-15)17-9-12-21(13-10-17)18-19-11-8-14(2)20-18/h4-9,11H,3,10,12-13H2,1-2H3. The van der Waals surface area contributed by atoms with Gasteiger partial charge in [-0.15, -0.1) is 0 Å². The normalized spacial score (nSPS) is 15.0. The number of aromatic nitrogens is 2. The van der Waals surface area contributed by atoms with Crippen molar-refractivity contribution in [3.8, 4) is 0 Å². The monoisotopic (exact) mass is 279 g/mol. The molecule has 1 aliphatic rings. The van der Waals surface area contributed by atoms with E-state index in [1.54, 1.807) is 0 Å². The van der Waals surface area contributed by atoms with Crippen LogP contribution in [-0.2, 0) is 6.42 Å². The molecule has 1 aliphatic heterocycles. The second-order valence-corrected chi connectivity index (χ2v) is 5.47. The second-order valence-electron chi connectivity index (χ2n) is 5.47. The molecule has 2 aromatic rings. The smallest absolute Gasteiger partial charge is 0.225 e. The molecule has 1 aromatic carbocycles. The van der Waals surface area contributed by atoms with E-state index in [2.05, 4.69) is 52.1 Å². The number of nitrogens with zero attached hydrogens (tertiary/aromatic N) is 3. The van der Waals surface area contributed by atoms with Gasteiger partial charge in [-0.25, -0.2) is 9.97 Å². The summed E-state index contributed by atoms with van der Waals surface area (Å²) >= 11 is 0. The van der Waals surface area contributed by atoms with Crippen molar-refractivity contribution >= 4 is 11.5 Å². The Hall–Kier alpha value is -2.16. The maximum absolute atomic E-state index is 4.50. The lowest BCUT2D eigenvalue weighted by Gasteiger charge is -2.26. The molecule has 0 unspecified atom stereocenters. The van der Waals surface area contributed by atoms with Gasteiger partial charge in [-0.2, -0.15) is 0 Å². The van der Waals surface area contributed by atoms with E-state index < -0.39 is 0 Å². The Kier molecular flexibility index (Phi) is 4.00. The molecular weight excluding hydrogens is 258 g/mol. The lowest BCUT2D eigenvalue weighted by molar-refractivity contribution is 0.792. The molecule has 0 N–H and O–H groups in total. The molecule has 108 valence electrons. The van der Waals surface area contributed by atoms with Crippen LogP contribution in [0.25, 0.3) is 5.57 Å². The summed E-state index contributed by atoms with van der Waals surface area (Å²) in [6.07, 6.45) is 6.27. The third-order valence-corrected chi connectivity index (χ3v) is 4.01. The maximum atomic E-state index is 4.50. The van der Waals surface area contributed by atoms with Gasteiger partial charge in [-0.1, -0.05) is 37.3 Å². The highest BCUT2D eigenvalue weighted by Crippen LogP contribution is 2.24. The number of benzene rings is 1. The average Bonchev–Trinajstić information content (AvgIpc) is 2.55. The van der Waals surface area contributed by atoms with Crippen molar-refractivity contribution in [2.24, 2.45) is 0 Å². The van der Waals surface area contributed by atoms with Crippen LogP contribution in [0, 0.1) is 6.92 Å². The van der Waals surface area contributed by atoms with Gasteiger partial charge in [0.2, 0.25) is 5.95 Å². The molecule has 0 saturated carbocycles. The molecule has 0 saturated heterocycles. The van der Waals surface area contributed by atoms with Crippen LogP contribution in [0.2, 0.25) is 0 Å². The average molecular weight is 279 g/mol. The van der Waals surface area contributed by atoms with E-state index in [1.807, 2.05) is 19.2 Å². The SMILES string of the molecule is CCc1ccc(C2=CCN(c3nccc(C)n3)CC2)cc1. The fourth-order valence-corrected chi connectivity index (χ4v) is 2.66. The molecule has 1 aromatic heterocycles. The van der Waals surface area contributed by atoms with E-state index in [1.165, 1.54) is 16.7 Å². The van der Waals surface area contributed by atoms with Gasteiger partial charge in [0, 0.05) is 25.0 Å². The highest BCUT2D eigenvalue weighted by Gasteiger charge is 2.15. The molecule has 0 atom stereocenters. The van der Waals surface area contributed by atoms with Crippen molar-refractivity contribution in [2.75, 3.05) is 18.0 Å². The summed E-state index contributed by atoms with van der Waals surface area (Å²) in [5.74, 6) is 0.839. The van der Waals surface area contributed by atoms with Crippen LogP contribution < -0.4 is 4.90 Å². The summed E-state index contributed by atoms with van der Waals surface area (Å²) in [6, 6.07) is 10.9. The van der Waals surface area contributed by atoms with Crippen molar-refractivity contribution in [2.45, 2.75) is 26.7 Å². The van der Waals surface area contributed by atoms with Gasteiger partial charge in [0.25, 0.3) is 0 Å². The van der Waals surface area contributed by atoms with E-state index in [9.17, 15) is 0 Å². The molecule has 3 heteroatoms. The molecule has 0 radical (unpaired) electrons. The van der Waals surface area contributed by atoms with Crippen molar-refractivity contribution < 1.29 is 0 Å². The molecule has 0 fully saturated rings. The summed E-state index contributed by atoms with van der Waals surface area (Å²) in [5.41, 5.74) is 5.19. The Balaban J connectivity index is 1.74. The van der Waals surface area contributed by atoms with Crippen LogP contribution in [0.1, 0.15) is 30.2 Å². The Bertz CT molecular complexity index is 644. The van der Waals surface area contributed by atoms with Crippen LogP contribution in [0.4, 0.5) is 5.95 Å². The maximum Gasteiger partial charge on any atom is 0.225 e. The summed E-state index contributed by atoms with van der Waals surface area (Å²) in [6.45, 7) is 6.05. The van der Waals surface area contributed by atoms with Crippen LogP contribution >= 0.6 is 0 Å². The van der Waals surface area contributed by atoms with Crippen molar-refractivity contribution in [3.63, 3.8) is 0 Å². The van der Waals surface area contributed by atoms with Gasteiger partial charge in [-0.05, 0) is 42.5 Å². The molecule has 3 rings (SSSR count). The minimum absolute atomic E-state index is 0.839. The van der Waals surface area contributed by atoms with E-state index in [0.717, 1.165) is 37.6 Å². The molecular formula is C18H21N3. The number of hydrogen-bond acceptors (Lipinski definition) is 3. The zero-order valence-corrected chi connectivity index (χ0v) is 12.7. The van der Waals surface area contributed by atoms with Crippen LogP contribution in [0.3, 0.4) is 0 Å². The molecule has 3 nitrogen and oxygen atoms in total. The Morgan fingerprint density at radius 2 is 1.95 bits per heavy atom. The molecule has 2 heterocycles. The van der Waals surface area contributed by atoms with Crippen molar-refractivity contribution in [1.82, 2.24) is 9.97 Å². The molecule has 0 spiro atoms. The van der Waals surface area contributed by atoms with Crippen molar-refractivity contribution in [1.29, 1.82) is 0 Å². The first-order valence-electron chi connectivity index (χ1n) is 7.59. The number of rotatable bonds is 3. The van der Waals surface area contributed by atoms with E-state index in [-0.39, 0.29) is 0 Å². The number of hydrogen-bond donors (Lipinski definition) is 0. The first kappa shape index (κ1) is 13.8. The largest absolute Gasteiger partial charge is 0.337 e. The van der Waals surface area contributed by atoms with Gasteiger partial charge in [-0.3, -0.25) is 0 Å². The summed E-state index contributed by atoms with van der Waals surface area (Å²) in [7, 11) is 0. The first-order valence-corrected chi connectivity index (χ1v) is 7.59.